The van der Waals surface area contributed by atoms with Crippen LogP contribution in [0.4, 0.5) is 11.5 Å². The Hall–Kier alpha value is -2.34. The summed E-state index contributed by atoms with van der Waals surface area (Å²) in [6, 6.07) is 11.7. The number of nitrogens with one attached hydrogen (secondary N) is 2. The van der Waals surface area contributed by atoms with Gasteiger partial charge in [0.2, 0.25) is 0 Å². The van der Waals surface area contributed by atoms with Gasteiger partial charge in [0.25, 0.3) is 5.91 Å². The maximum atomic E-state index is 12.0. The van der Waals surface area contributed by atoms with E-state index >= 15 is 0 Å². The Bertz CT molecular complexity index is 797. The number of halogens is 1. The highest BCUT2D eigenvalue weighted by Crippen LogP contribution is 2.23. The fraction of sp³-hybridized carbons (Fsp3) is 0. The Morgan fingerprint density at radius 3 is 2.70 bits per heavy atom. The number of nitrogen functional groups attached to an aromatic ring is 1. The van der Waals surface area contributed by atoms with E-state index in [4.69, 9.17) is 5.73 Å². The van der Waals surface area contributed by atoms with Crippen LogP contribution in [0, 0.1) is 0 Å². The van der Waals surface area contributed by atoms with Gasteiger partial charge in [-0.25, -0.2) is 0 Å². The van der Waals surface area contributed by atoms with Gasteiger partial charge in [-0.15, -0.1) is 0 Å². The quantitative estimate of drug-likeness (QED) is 0.674. The summed E-state index contributed by atoms with van der Waals surface area (Å²) in [7, 11) is 0. The van der Waals surface area contributed by atoms with E-state index in [0.717, 1.165) is 15.2 Å². The van der Waals surface area contributed by atoms with Crippen molar-refractivity contribution in [3.8, 4) is 0 Å². The molecule has 0 aliphatic heterocycles. The van der Waals surface area contributed by atoms with Crippen molar-refractivity contribution in [2.75, 3.05) is 11.1 Å². The van der Waals surface area contributed by atoms with Gasteiger partial charge in [-0.05, 0) is 35.0 Å². The molecule has 1 aromatic heterocycles. The monoisotopic (exact) mass is 330 g/mol. The van der Waals surface area contributed by atoms with E-state index in [1.165, 1.54) is 6.20 Å². The predicted molar refractivity (Wildman–Crippen MR) is 82.6 cm³/mol. The molecule has 0 spiro atoms. The van der Waals surface area contributed by atoms with Crippen LogP contribution in [0.2, 0.25) is 0 Å². The van der Waals surface area contributed by atoms with Crippen LogP contribution < -0.4 is 11.1 Å². The van der Waals surface area contributed by atoms with E-state index in [-0.39, 0.29) is 11.7 Å². The number of benzene rings is 2. The minimum absolute atomic E-state index is 0.257. The zero-order valence-electron chi connectivity index (χ0n) is 10.4. The molecule has 2 aromatic carbocycles. The van der Waals surface area contributed by atoms with Gasteiger partial charge in [-0.2, -0.15) is 5.10 Å². The molecule has 1 amide bonds. The number of hydrogen-bond donors (Lipinski definition) is 3. The second-order valence-corrected chi connectivity index (χ2v) is 5.27. The minimum Gasteiger partial charge on any atom is -0.383 e. The third kappa shape index (κ3) is 2.37. The molecule has 0 atom stereocenters. The number of carbonyl (C=O) groups is 1. The van der Waals surface area contributed by atoms with Gasteiger partial charge in [0, 0.05) is 10.2 Å². The molecule has 0 unspecified atom stereocenters. The van der Waals surface area contributed by atoms with E-state index in [1.807, 2.05) is 36.4 Å². The molecule has 0 aliphatic carbocycles. The summed E-state index contributed by atoms with van der Waals surface area (Å²) in [5.41, 5.74) is 6.67. The minimum atomic E-state index is -0.285. The van der Waals surface area contributed by atoms with Crippen molar-refractivity contribution >= 4 is 44.1 Å². The summed E-state index contributed by atoms with van der Waals surface area (Å²) in [4.78, 5) is 12.0. The number of anilines is 2. The molecule has 0 saturated carbocycles. The number of H-pyrrole nitrogens is 1. The molecule has 20 heavy (non-hydrogen) atoms. The molecule has 0 fully saturated rings. The first-order chi connectivity index (χ1) is 9.63. The lowest BCUT2D eigenvalue weighted by molar-refractivity contribution is 0.102. The standard InChI is InChI=1S/C14H11BrN4O/c15-10-3-1-9-6-11(4-2-8(9)5-10)18-14(20)12-7-17-19-13(12)16/h1-7H,(H,18,20)(H3,16,17,19). The van der Waals surface area contributed by atoms with Gasteiger partial charge >= 0.3 is 0 Å². The summed E-state index contributed by atoms with van der Waals surface area (Å²) < 4.78 is 1.02. The molecule has 0 bridgehead atoms. The maximum absolute atomic E-state index is 12.0. The maximum Gasteiger partial charge on any atom is 0.261 e. The van der Waals surface area contributed by atoms with Crippen LogP contribution in [-0.4, -0.2) is 16.1 Å². The van der Waals surface area contributed by atoms with Gasteiger partial charge in [0.05, 0.1) is 6.20 Å². The number of nitrogens with zero attached hydrogens (tertiary/aromatic N) is 1. The van der Waals surface area contributed by atoms with Crippen LogP contribution in [0.3, 0.4) is 0 Å². The Labute approximate surface area is 123 Å². The Morgan fingerprint density at radius 2 is 1.95 bits per heavy atom. The molecule has 0 aliphatic rings. The van der Waals surface area contributed by atoms with Gasteiger partial charge in [-0.3, -0.25) is 9.89 Å². The van der Waals surface area contributed by atoms with E-state index in [9.17, 15) is 4.79 Å². The Balaban J connectivity index is 1.90. The average Bonchev–Trinajstić information content (AvgIpc) is 2.85. The zero-order chi connectivity index (χ0) is 14.1. The molecule has 100 valence electrons. The molecular weight excluding hydrogens is 320 g/mol. The van der Waals surface area contributed by atoms with Crippen molar-refractivity contribution in [2.24, 2.45) is 0 Å². The lowest BCUT2D eigenvalue weighted by Gasteiger charge is -2.06. The van der Waals surface area contributed by atoms with Crippen molar-refractivity contribution < 1.29 is 4.79 Å². The number of fused-ring (bicyclic) bond motifs is 1. The molecule has 0 saturated heterocycles. The van der Waals surface area contributed by atoms with Crippen molar-refractivity contribution in [3.63, 3.8) is 0 Å². The van der Waals surface area contributed by atoms with E-state index in [2.05, 4.69) is 31.4 Å². The summed E-state index contributed by atoms with van der Waals surface area (Å²) in [5.74, 6) is -0.0278. The van der Waals surface area contributed by atoms with E-state index in [0.29, 0.717) is 11.3 Å². The van der Waals surface area contributed by atoms with Crippen LogP contribution in [-0.2, 0) is 0 Å². The van der Waals surface area contributed by atoms with Crippen molar-refractivity contribution in [2.45, 2.75) is 0 Å². The number of carbonyl (C=O) groups excluding carboxylic acids is 1. The van der Waals surface area contributed by atoms with Gasteiger partial charge in [0.1, 0.15) is 11.4 Å². The number of hydrogen-bond acceptors (Lipinski definition) is 3. The van der Waals surface area contributed by atoms with Crippen LogP contribution in [0.5, 0.6) is 0 Å². The van der Waals surface area contributed by atoms with Gasteiger partial charge < -0.3 is 11.1 Å². The second-order valence-electron chi connectivity index (χ2n) is 4.36. The third-order valence-electron chi connectivity index (χ3n) is 2.97. The van der Waals surface area contributed by atoms with Crippen molar-refractivity contribution in [1.82, 2.24) is 10.2 Å². The lowest BCUT2D eigenvalue weighted by Crippen LogP contribution is -2.12. The highest BCUT2D eigenvalue weighted by atomic mass is 79.9. The molecule has 3 aromatic rings. The zero-order valence-corrected chi connectivity index (χ0v) is 11.9. The molecule has 1 heterocycles. The number of aromatic nitrogens is 2. The molecule has 4 N–H and O–H groups in total. The first-order valence-electron chi connectivity index (χ1n) is 5.93. The molecule has 5 nitrogen and oxygen atoms in total. The highest BCUT2D eigenvalue weighted by molar-refractivity contribution is 9.10. The fourth-order valence-electron chi connectivity index (χ4n) is 1.97. The summed E-state index contributed by atoms with van der Waals surface area (Å²) in [5, 5.41) is 11.2. The molecule has 0 radical (unpaired) electrons. The van der Waals surface area contributed by atoms with Crippen LogP contribution in [0.25, 0.3) is 10.8 Å². The summed E-state index contributed by atoms with van der Waals surface area (Å²) in [6.45, 7) is 0. The third-order valence-corrected chi connectivity index (χ3v) is 3.47. The number of rotatable bonds is 2. The molecular formula is C14H11BrN4O. The fourth-order valence-corrected chi connectivity index (χ4v) is 2.35. The normalized spacial score (nSPS) is 10.7. The Morgan fingerprint density at radius 1 is 1.20 bits per heavy atom. The van der Waals surface area contributed by atoms with Crippen LogP contribution >= 0.6 is 15.9 Å². The van der Waals surface area contributed by atoms with Crippen molar-refractivity contribution in [1.29, 1.82) is 0 Å². The largest absolute Gasteiger partial charge is 0.383 e. The predicted octanol–water partition coefficient (Wildman–Crippen LogP) is 3.16. The van der Waals surface area contributed by atoms with Crippen LogP contribution in [0.15, 0.2) is 47.1 Å². The Kier molecular flexibility index (Phi) is 3.15. The smallest absolute Gasteiger partial charge is 0.261 e. The molecule has 3 rings (SSSR count). The number of nitrogens with two attached hydrogens (primary N) is 1. The first-order valence-corrected chi connectivity index (χ1v) is 6.72. The summed E-state index contributed by atoms with van der Waals surface area (Å²) in [6.07, 6.45) is 1.41. The lowest BCUT2D eigenvalue weighted by atomic mass is 10.1. The topological polar surface area (TPSA) is 83.8 Å². The highest BCUT2D eigenvalue weighted by Gasteiger charge is 2.11. The van der Waals surface area contributed by atoms with E-state index in [1.54, 1.807) is 0 Å². The van der Waals surface area contributed by atoms with Crippen molar-refractivity contribution in [3.05, 3.63) is 52.6 Å². The first kappa shape index (κ1) is 12.7. The number of aromatic amines is 1. The number of amides is 1. The SMILES string of the molecule is Nc1[nH]ncc1C(=O)Nc1ccc2cc(Br)ccc2c1. The van der Waals surface area contributed by atoms with Gasteiger partial charge in [0.15, 0.2) is 0 Å². The van der Waals surface area contributed by atoms with Gasteiger partial charge in [-0.1, -0.05) is 28.1 Å². The average molecular weight is 331 g/mol. The second kappa shape index (κ2) is 4.97. The van der Waals surface area contributed by atoms with Crippen LogP contribution in [0.1, 0.15) is 10.4 Å². The van der Waals surface area contributed by atoms with E-state index < -0.39 is 0 Å². The summed E-state index contributed by atoms with van der Waals surface area (Å²) >= 11 is 3.43. The molecule has 6 heteroatoms.